The molecule has 2 aliphatic rings. The minimum Gasteiger partial charge on any atom is -0.300 e. The van der Waals surface area contributed by atoms with E-state index in [4.69, 9.17) is 0 Å². The van der Waals surface area contributed by atoms with Gasteiger partial charge >= 0.3 is 0 Å². The standard InChI is InChI=1S/C13H19NO3/c1-13(2)7-11(16)14(12(17)8-13)9-3-5-10(15)6-4-9/h9H,3-8H2,1-2H3. The minimum atomic E-state index is -0.213. The molecule has 1 aliphatic heterocycles. The second-order valence-corrected chi connectivity index (χ2v) is 5.95. The number of rotatable bonds is 1. The SMILES string of the molecule is CC1(C)CC(=O)N(C2CCC(=O)CC2)C(=O)C1. The molecule has 1 aliphatic carbocycles. The zero-order valence-corrected chi connectivity index (χ0v) is 10.5. The van der Waals surface area contributed by atoms with Gasteiger partial charge in [-0.2, -0.15) is 0 Å². The van der Waals surface area contributed by atoms with E-state index in [-0.39, 0.29) is 29.1 Å². The van der Waals surface area contributed by atoms with Gasteiger partial charge in [0.1, 0.15) is 5.78 Å². The fraction of sp³-hybridized carbons (Fsp3) is 0.769. The highest BCUT2D eigenvalue weighted by atomic mass is 16.2. The van der Waals surface area contributed by atoms with Gasteiger partial charge in [0.25, 0.3) is 0 Å². The zero-order valence-electron chi connectivity index (χ0n) is 10.5. The molecule has 0 bridgehead atoms. The van der Waals surface area contributed by atoms with Gasteiger partial charge < -0.3 is 0 Å². The van der Waals surface area contributed by atoms with E-state index in [2.05, 4.69) is 0 Å². The molecule has 0 unspecified atom stereocenters. The average Bonchev–Trinajstić information content (AvgIpc) is 2.18. The Bertz CT molecular complexity index is 343. The first-order valence-electron chi connectivity index (χ1n) is 6.26. The zero-order chi connectivity index (χ0) is 12.6. The van der Waals surface area contributed by atoms with E-state index in [0.29, 0.717) is 38.5 Å². The molecule has 0 aromatic rings. The normalized spacial score (nSPS) is 26.5. The number of likely N-dealkylation sites (tertiary alicyclic amines) is 1. The largest absolute Gasteiger partial charge is 0.300 e. The van der Waals surface area contributed by atoms with Crippen LogP contribution in [0.5, 0.6) is 0 Å². The molecule has 0 aromatic heterocycles. The first-order chi connectivity index (χ1) is 7.89. The first kappa shape index (κ1) is 12.3. The van der Waals surface area contributed by atoms with Gasteiger partial charge in [0.2, 0.25) is 11.8 Å². The van der Waals surface area contributed by atoms with Crippen LogP contribution in [0.2, 0.25) is 0 Å². The smallest absolute Gasteiger partial charge is 0.229 e. The molecule has 94 valence electrons. The number of carbonyl (C=O) groups excluding carboxylic acids is 3. The molecule has 0 aromatic carbocycles. The highest BCUT2D eigenvalue weighted by Crippen LogP contribution is 2.34. The molecule has 1 saturated heterocycles. The van der Waals surface area contributed by atoms with Gasteiger partial charge in [-0.15, -0.1) is 0 Å². The fourth-order valence-corrected chi connectivity index (χ4v) is 2.78. The van der Waals surface area contributed by atoms with Crippen molar-refractivity contribution in [3.8, 4) is 0 Å². The summed E-state index contributed by atoms with van der Waals surface area (Å²) in [6.45, 7) is 3.90. The highest BCUT2D eigenvalue weighted by Gasteiger charge is 2.41. The maximum atomic E-state index is 12.0. The third-order valence-corrected chi connectivity index (χ3v) is 3.67. The Hall–Kier alpha value is -1.19. The summed E-state index contributed by atoms with van der Waals surface area (Å²) in [5.41, 5.74) is -0.213. The number of hydrogen-bond donors (Lipinski definition) is 0. The maximum absolute atomic E-state index is 12.0. The van der Waals surface area contributed by atoms with Crippen LogP contribution in [0.15, 0.2) is 0 Å². The molecule has 1 saturated carbocycles. The fourth-order valence-electron chi connectivity index (χ4n) is 2.78. The van der Waals surface area contributed by atoms with E-state index < -0.39 is 0 Å². The molecule has 2 rings (SSSR count). The molecular formula is C13H19NO3. The van der Waals surface area contributed by atoms with Crippen LogP contribution in [-0.2, 0) is 14.4 Å². The molecule has 2 amide bonds. The summed E-state index contributed by atoms with van der Waals surface area (Å²) in [6.07, 6.45) is 3.18. The van der Waals surface area contributed by atoms with Crippen LogP contribution >= 0.6 is 0 Å². The van der Waals surface area contributed by atoms with Gasteiger partial charge in [-0.3, -0.25) is 19.3 Å². The second-order valence-electron chi connectivity index (χ2n) is 5.95. The van der Waals surface area contributed by atoms with Crippen LogP contribution in [-0.4, -0.2) is 28.5 Å². The van der Waals surface area contributed by atoms with Crippen molar-refractivity contribution in [3.63, 3.8) is 0 Å². The van der Waals surface area contributed by atoms with Crippen LogP contribution in [0, 0.1) is 5.41 Å². The molecule has 2 fully saturated rings. The van der Waals surface area contributed by atoms with Crippen molar-refractivity contribution in [1.29, 1.82) is 0 Å². The molecule has 17 heavy (non-hydrogen) atoms. The number of carbonyl (C=O) groups is 3. The lowest BCUT2D eigenvalue weighted by Crippen LogP contribution is -2.52. The van der Waals surface area contributed by atoms with Gasteiger partial charge in [-0.1, -0.05) is 13.8 Å². The monoisotopic (exact) mass is 237 g/mol. The summed E-state index contributed by atoms with van der Waals surface area (Å²) in [7, 11) is 0. The summed E-state index contributed by atoms with van der Waals surface area (Å²) < 4.78 is 0. The van der Waals surface area contributed by atoms with Gasteiger partial charge in [0, 0.05) is 31.7 Å². The number of piperidine rings is 1. The lowest BCUT2D eigenvalue weighted by molar-refractivity contribution is -0.157. The van der Waals surface area contributed by atoms with Gasteiger partial charge in [0.15, 0.2) is 0 Å². The molecule has 0 spiro atoms. The van der Waals surface area contributed by atoms with Crippen molar-refractivity contribution in [3.05, 3.63) is 0 Å². The van der Waals surface area contributed by atoms with Crippen molar-refractivity contribution >= 4 is 17.6 Å². The average molecular weight is 237 g/mol. The Kier molecular flexibility index (Phi) is 3.06. The second kappa shape index (κ2) is 4.24. The van der Waals surface area contributed by atoms with Crippen molar-refractivity contribution < 1.29 is 14.4 Å². The molecule has 0 radical (unpaired) electrons. The number of nitrogens with zero attached hydrogens (tertiary/aromatic N) is 1. The number of ketones is 1. The van der Waals surface area contributed by atoms with Crippen molar-refractivity contribution in [1.82, 2.24) is 4.90 Å². The van der Waals surface area contributed by atoms with Gasteiger partial charge in [0.05, 0.1) is 0 Å². The van der Waals surface area contributed by atoms with Crippen LogP contribution in [0.4, 0.5) is 0 Å². The Balaban J connectivity index is 2.08. The third-order valence-electron chi connectivity index (χ3n) is 3.67. The Morgan fingerprint density at radius 3 is 1.94 bits per heavy atom. The highest BCUT2D eigenvalue weighted by molar-refractivity contribution is 5.99. The van der Waals surface area contributed by atoms with Crippen LogP contribution in [0.25, 0.3) is 0 Å². The number of imide groups is 1. The van der Waals surface area contributed by atoms with E-state index in [0.717, 1.165) is 0 Å². The van der Waals surface area contributed by atoms with Crippen molar-refractivity contribution in [2.45, 2.75) is 58.4 Å². The predicted molar refractivity (Wildman–Crippen MR) is 62.1 cm³/mol. The summed E-state index contributed by atoms with van der Waals surface area (Å²) >= 11 is 0. The van der Waals surface area contributed by atoms with E-state index in [9.17, 15) is 14.4 Å². The van der Waals surface area contributed by atoms with E-state index in [1.807, 2.05) is 13.8 Å². The van der Waals surface area contributed by atoms with Crippen LogP contribution in [0.1, 0.15) is 52.4 Å². The minimum absolute atomic E-state index is 0.0381. The van der Waals surface area contributed by atoms with E-state index >= 15 is 0 Å². The Morgan fingerprint density at radius 1 is 1.00 bits per heavy atom. The molecule has 4 heteroatoms. The predicted octanol–water partition coefficient (Wildman–Crippen LogP) is 1.67. The third kappa shape index (κ3) is 2.56. The summed E-state index contributed by atoms with van der Waals surface area (Å²) in [5, 5.41) is 0. The quantitative estimate of drug-likeness (QED) is 0.652. The molecule has 1 heterocycles. The van der Waals surface area contributed by atoms with E-state index in [1.165, 1.54) is 4.90 Å². The van der Waals surface area contributed by atoms with Gasteiger partial charge in [-0.25, -0.2) is 0 Å². The lowest BCUT2D eigenvalue weighted by Gasteiger charge is -2.40. The topological polar surface area (TPSA) is 54.5 Å². The summed E-state index contributed by atoms with van der Waals surface area (Å²) in [6, 6.07) is -0.0381. The Labute approximate surface area is 101 Å². The lowest BCUT2D eigenvalue weighted by atomic mass is 9.80. The van der Waals surface area contributed by atoms with E-state index in [1.54, 1.807) is 0 Å². The Morgan fingerprint density at radius 2 is 1.47 bits per heavy atom. The van der Waals surface area contributed by atoms with Gasteiger partial charge in [-0.05, 0) is 18.3 Å². The molecule has 0 N–H and O–H groups in total. The molecular weight excluding hydrogens is 218 g/mol. The van der Waals surface area contributed by atoms with Crippen molar-refractivity contribution in [2.75, 3.05) is 0 Å². The maximum Gasteiger partial charge on any atom is 0.229 e. The summed E-state index contributed by atoms with van der Waals surface area (Å²) in [5.74, 6) is 0.120. The number of hydrogen-bond acceptors (Lipinski definition) is 3. The number of amides is 2. The molecule has 0 atom stereocenters. The summed E-state index contributed by atoms with van der Waals surface area (Å²) in [4.78, 5) is 36.6. The van der Waals surface area contributed by atoms with Crippen LogP contribution < -0.4 is 0 Å². The molecule has 4 nitrogen and oxygen atoms in total. The van der Waals surface area contributed by atoms with Crippen molar-refractivity contribution in [2.24, 2.45) is 5.41 Å². The van der Waals surface area contributed by atoms with Crippen LogP contribution in [0.3, 0.4) is 0 Å². The number of Topliss-reactive ketones (excluding diaryl/α,β-unsaturated/α-hetero) is 1. The first-order valence-corrected chi connectivity index (χ1v) is 6.26.